The van der Waals surface area contributed by atoms with Crippen LogP contribution < -0.4 is 10.6 Å². The molecule has 104 valence electrons. The van der Waals surface area contributed by atoms with Gasteiger partial charge < -0.3 is 10.6 Å². The second kappa shape index (κ2) is 7.51. The largest absolute Gasteiger partial charge is 0.347 e. The van der Waals surface area contributed by atoms with Crippen molar-refractivity contribution in [3.8, 4) is 0 Å². The molecule has 0 bridgehead atoms. The quantitative estimate of drug-likeness (QED) is 0.830. The minimum atomic E-state index is -0.498. The Labute approximate surface area is 112 Å². The fourth-order valence-electron chi connectivity index (χ4n) is 1.73. The van der Waals surface area contributed by atoms with Crippen molar-refractivity contribution in [1.29, 1.82) is 0 Å². The van der Waals surface area contributed by atoms with Crippen molar-refractivity contribution in [3.63, 3.8) is 0 Å². The third-order valence-electron chi connectivity index (χ3n) is 2.93. The Kier molecular flexibility index (Phi) is 5.99. The van der Waals surface area contributed by atoms with Crippen molar-refractivity contribution >= 4 is 17.5 Å². The summed E-state index contributed by atoms with van der Waals surface area (Å²) in [6.45, 7) is 3.70. The van der Waals surface area contributed by atoms with Gasteiger partial charge in [-0.25, -0.2) is 4.39 Å². The molecule has 5 heteroatoms. The van der Waals surface area contributed by atoms with Gasteiger partial charge in [-0.1, -0.05) is 26.0 Å². The average molecular weight is 266 g/mol. The molecule has 0 unspecified atom stereocenters. The lowest BCUT2D eigenvalue weighted by molar-refractivity contribution is -0.127. The Morgan fingerprint density at radius 1 is 1.21 bits per heavy atom. The van der Waals surface area contributed by atoms with Crippen LogP contribution in [0.3, 0.4) is 0 Å². The summed E-state index contributed by atoms with van der Waals surface area (Å²) in [5.41, 5.74) is 0.115. The van der Waals surface area contributed by atoms with E-state index < -0.39 is 11.7 Å². The summed E-state index contributed by atoms with van der Waals surface area (Å²) in [4.78, 5) is 23.2. The molecule has 0 saturated carbocycles. The molecule has 0 spiro atoms. The maximum Gasteiger partial charge on any atom is 0.243 e. The number of para-hydroxylation sites is 1. The van der Waals surface area contributed by atoms with Crippen molar-refractivity contribution < 1.29 is 14.0 Å². The van der Waals surface area contributed by atoms with Crippen LogP contribution in [0.4, 0.5) is 10.1 Å². The summed E-state index contributed by atoms with van der Waals surface area (Å²) in [5, 5.41) is 4.96. The highest BCUT2D eigenvalue weighted by molar-refractivity contribution is 5.94. The summed E-state index contributed by atoms with van der Waals surface area (Å²) in [5.74, 6) is -1.17. The molecule has 1 aromatic rings. The lowest BCUT2D eigenvalue weighted by Crippen LogP contribution is -2.36. The smallest absolute Gasteiger partial charge is 0.243 e. The van der Waals surface area contributed by atoms with Crippen LogP contribution in [-0.4, -0.2) is 18.4 Å². The third-order valence-corrected chi connectivity index (χ3v) is 2.93. The second-order valence-corrected chi connectivity index (χ2v) is 4.26. The van der Waals surface area contributed by atoms with Crippen LogP contribution in [-0.2, 0) is 9.59 Å². The van der Waals surface area contributed by atoms with Gasteiger partial charge in [0.05, 0.1) is 12.2 Å². The fourth-order valence-corrected chi connectivity index (χ4v) is 1.73. The molecular formula is C14H19FN2O2. The maximum absolute atomic E-state index is 13.3. The van der Waals surface area contributed by atoms with Crippen molar-refractivity contribution in [2.45, 2.75) is 26.7 Å². The van der Waals surface area contributed by atoms with Crippen LogP contribution >= 0.6 is 0 Å². The first kappa shape index (κ1) is 15.1. The Morgan fingerprint density at radius 3 is 2.42 bits per heavy atom. The Hall–Kier alpha value is -1.91. The summed E-state index contributed by atoms with van der Waals surface area (Å²) >= 11 is 0. The van der Waals surface area contributed by atoms with Gasteiger partial charge in [0.2, 0.25) is 11.8 Å². The molecule has 19 heavy (non-hydrogen) atoms. The molecule has 4 nitrogen and oxygen atoms in total. The summed E-state index contributed by atoms with van der Waals surface area (Å²) in [6, 6.07) is 5.90. The lowest BCUT2D eigenvalue weighted by Gasteiger charge is -2.12. The van der Waals surface area contributed by atoms with Crippen molar-refractivity contribution in [2.75, 3.05) is 11.9 Å². The number of nitrogens with one attached hydrogen (secondary N) is 2. The number of hydrogen-bond donors (Lipinski definition) is 2. The van der Waals surface area contributed by atoms with Gasteiger partial charge in [0, 0.05) is 5.92 Å². The van der Waals surface area contributed by atoms with Crippen molar-refractivity contribution in [3.05, 3.63) is 30.1 Å². The van der Waals surface area contributed by atoms with E-state index in [-0.39, 0.29) is 24.1 Å². The van der Waals surface area contributed by atoms with Gasteiger partial charge in [-0.3, -0.25) is 9.59 Å². The Balaban J connectivity index is 2.44. The van der Waals surface area contributed by atoms with Gasteiger partial charge in [0.15, 0.2) is 0 Å². The number of carbonyl (C=O) groups is 2. The Morgan fingerprint density at radius 2 is 1.84 bits per heavy atom. The molecule has 0 saturated heterocycles. The van der Waals surface area contributed by atoms with Gasteiger partial charge in [-0.2, -0.15) is 0 Å². The predicted octanol–water partition coefficient (Wildman–Crippen LogP) is 2.32. The summed E-state index contributed by atoms with van der Waals surface area (Å²) in [6.07, 6.45) is 1.47. The number of halogens is 1. The number of benzene rings is 1. The SMILES string of the molecule is CCC(CC)C(=O)NCC(=O)Nc1ccccc1F. The molecule has 0 radical (unpaired) electrons. The van der Waals surface area contributed by atoms with E-state index in [1.807, 2.05) is 13.8 Å². The molecule has 2 amide bonds. The van der Waals surface area contributed by atoms with Gasteiger partial charge >= 0.3 is 0 Å². The fraction of sp³-hybridized carbons (Fsp3) is 0.429. The highest BCUT2D eigenvalue weighted by Crippen LogP contribution is 2.12. The van der Waals surface area contributed by atoms with E-state index >= 15 is 0 Å². The van der Waals surface area contributed by atoms with Gasteiger partial charge in [0.1, 0.15) is 5.82 Å². The first-order valence-electron chi connectivity index (χ1n) is 6.40. The van der Waals surface area contributed by atoms with Crippen LogP contribution in [0.1, 0.15) is 26.7 Å². The first-order valence-corrected chi connectivity index (χ1v) is 6.40. The standard InChI is InChI=1S/C14H19FN2O2/c1-3-10(4-2)14(19)16-9-13(18)17-12-8-6-5-7-11(12)15/h5-8,10H,3-4,9H2,1-2H3,(H,16,19)(H,17,18). The predicted molar refractivity (Wildman–Crippen MR) is 72.1 cm³/mol. The topological polar surface area (TPSA) is 58.2 Å². The van der Waals surface area contributed by atoms with E-state index in [0.29, 0.717) is 0 Å². The average Bonchev–Trinajstić information content (AvgIpc) is 2.40. The molecule has 0 fully saturated rings. The monoisotopic (exact) mass is 266 g/mol. The van der Waals surface area contributed by atoms with Crippen LogP contribution in [0, 0.1) is 11.7 Å². The van der Waals surface area contributed by atoms with E-state index in [4.69, 9.17) is 0 Å². The molecule has 0 aromatic heterocycles. The highest BCUT2D eigenvalue weighted by Gasteiger charge is 2.15. The number of rotatable bonds is 6. The number of carbonyl (C=O) groups excluding carboxylic acids is 2. The maximum atomic E-state index is 13.3. The zero-order valence-corrected chi connectivity index (χ0v) is 11.2. The van der Waals surface area contributed by atoms with E-state index in [0.717, 1.165) is 12.8 Å². The van der Waals surface area contributed by atoms with Gasteiger partial charge in [-0.05, 0) is 25.0 Å². The van der Waals surface area contributed by atoms with E-state index in [2.05, 4.69) is 10.6 Å². The van der Waals surface area contributed by atoms with Crippen LogP contribution in [0.5, 0.6) is 0 Å². The van der Waals surface area contributed by atoms with Gasteiger partial charge in [0.25, 0.3) is 0 Å². The van der Waals surface area contributed by atoms with Crippen LogP contribution in [0.25, 0.3) is 0 Å². The zero-order chi connectivity index (χ0) is 14.3. The van der Waals surface area contributed by atoms with E-state index in [1.165, 1.54) is 12.1 Å². The molecule has 0 heterocycles. The zero-order valence-electron chi connectivity index (χ0n) is 11.2. The van der Waals surface area contributed by atoms with Crippen molar-refractivity contribution in [2.24, 2.45) is 5.92 Å². The molecule has 0 aliphatic rings. The summed E-state index contributed by atoms with van der Waals surface area (Å²) in [7, 11) is 0. The number of hydrogen-bond acceptors (Lipinski definition) is 2. The Bertz CT molecular complexity index is 445. The molecule has 1 rings (SSSR count). The minimum Gasteiger partial charge on any atom is -0.347 e. The van der Waals surface area contributed by atoms with Crippen LogP contribution in [0.15, 0.2) is 24.3 Å². The first-order chi connectivity index (χ1) is 9.08. The third kappa shape index (κ3) is 4.69. The van der Waals surface area contributed by atoms with E-state index in [1.54, 1.807) is 12.1 Å². The molecule has 2 N–H and O–H groups in total. The van der Waals surface area contributed by atoms with Crippen molar-refractivity contribution in [1.82, 2.24) is 5.32 Å². The lowest BCUT2D eigenvalue weighted by atomic mass is 10.0. The van der Waals surface area contributed by atoms with E-state index in [9.17, 15) is 14.0 Å². The molecule has 1 aromatic carbocycles. The molecule has 0 aliphatic heterocycles. The second-order valence-electron chi connectivity index (χ2n) is 4.26. The normalized spacial score (nSPS) is 10.3. The van der Waals surface area contributed by atoms with Gasteiger partial charge in [-0.15, -0.1) is 0 Å². The highest BCUT2D eigenvalue weighted by atomic mass is 19.1. The van der Waals surface area contributed by atoms with Crippen LogP contribution in [0.2, 0.25) is 0 Å². The molecular weight excluding hydrogens is 247 g/mol. The number of amides is 2. The molecule has 0 atom stereocenters. The number of anilines is 1. The minimum absolute atomic E-state index is 0.0822. The molecule has 0 aliphatic carbocycles. The summed E-state index contributed by atoms with van der Waals surface area (Å²) < 4.78 is 13.3.